The van der Waals surface area contributed by atoms with Crippen molar-refractivity contribution in [2.75, 3.05) is 6.61 Å². The Kier molecular flexibility index (Phi) is 5.84. The molecule has 0 aliphatic carbocycles. The number of rotatable bonds is 6. The van der Waals surface area contributed by atoms with Gasteiger partial charge in [0.05, 0.1) is 5.39 Å². The maximum absolute atomic E-state index is 14.7. The van der Waals surface area contributed by atoms with E-state index in [4.69, 9.17) is 4.74 Å². The molecule has 0 fully saturated rings. The van der Waals surface area contributed by atoms with Crippen molar-refractivity contribution in [3.05, 3.63) is 77.6 Å². The van der Waals surface area contributed by atoms with Crippen molar-refractivity contribution in [1.82, 2.24) is 0 Å². The molecule has 0 radical (unpaired) electrons. The van der Waals surface area contributed by atoms with Gasteiger partial charge in [-0.3, -0.25) is 0 Å². The van der Waals surface area contributed by atoms with Crippen molar-refractivity contribution >= 4 is 10.8 Å². The molecule has 3 rings (SSSR count). The molecule has 27 heavy (non-hydrogen) atoms. The Morgan fingerprint density at radius 1 is 0.926 bits per heavy atom. The van der Waals surface area contributed by atoms with Crippen molar-refractivity contribution in [3.8, 4) is 16.9 Å². The van der Waals surface area contributed by atoms with Gasteiger partial charge in [0, 0.05) is 5.56 Å². The minimum Gasteiger partial charge on any atom is -0.490 e. The molecule has 1 nitrogen and oxygen atoms in total. The zero-order valence-corrected chi connectivity index (χ0v) is 15.4. The van der Waals surface area contributed by atoms with E-state index in [0.29, 0.717) is 35.3 Å². The molecule has 0 N–H and O–H groups in total. The van der Waals surface area contributed by atoms with Crippen molar-refractivity contribution in [2.45, 2.75) is 26.7 Å². The van der Waals surface area contributed by atoms with E-state index in [1.165, 1.54) is 6.07 Å². The van der Waals surface area contributed by atoms with Crippen molar-refractivity contribution < 1.29 is 17.9 Å². The predicted octanol–water partition coefficient (Wildman–Crippen LogP) is 6.83. The van der Waals surface area contributed by atoms with Crippen LogP contribution in [-0.4, -0.2) is 6.61 Å². The highest BCUT2D eigenvalue weighted by Crippen LogP contribution is 2.34. The summed E-state index contributed by atoms with van der Waals surface area (Å²) in [6.07, 6.45) is 4.96. The zero-order valence-electron chi connectivity index (χ0n) is 15.4. The van der Waals surface area contributed by atoms with Gasteiger partial charge in [0.1, 0.15) is 18.2 Å². The van der Waals surface area contributed by atoms with E-state index in [9.17, 15) is 13.2 Å². The minimum absolute atomic E-state index is 0.0997. The summed E-state index contributed by atoms with van der Waals surface area (Å²) in [5, 5.41) is 0.0585. The lowest BCUT2D eigenvalue weighted by Gasteiger charge is -2.12. The molecule has 0 saturated carbocycles. The van der Waals surface area contributed by atoms with Crippen molar-refractivity contribution in [2.24, 2.45) is 0 Å². The van der Waals surface area contributed by atoms with Crippen LogP contribution in [0, 0.1) is 17.5 Å². The molecule has 0 heterocycles. The molecule has 4 heteroatoms. The fourth-order valence-corrected chi connectivity index (χ4v) is 3.07. The molecule has 0 aromatic heterocycles. The lowest BCUT2D eigenvalue weighted by Crippen LogP contribution is -1.98. The molecule has 0 saturated heterocycles. The van der Waals surface area contributed by atoms with Crippen LogP contribution in [0.5, 0.6) is 5.75 Å². The standard InChI is InChI=1S/C23H21F3O/c1-3-5-13-27-18-11-9-15(10-12-18)19-14-17-8-7-16(6-4-2)21(24)20(17)23(26)22(19)25/h3,5,7-12,14H,4,6,13H2,1-2H3. The fourth-order valence-electron chi connectivity index (χ4n) is 3.07. The SMILES string of the molecule is CC=CCOc1ccc(-c2cc3ccc(CCC)c(F)c3c(F)c2F)cc1. The molecule has 0 amide bonds. The summed E-state index contributed by atoms with van der Waals surface area (Å²) in [4.78, 5) is 0. The minimum atomic E-state index is -1.15. The van der Waals surface area contributed by atoms with Gasteiger partial charge in [-0.15, -0.1) is 0 Å². The Labute approximate surface area is 157 Å². The number of halogens is 3. The van der Waals surface area contributed by atoms with Crippen LogP contribution in [0.1, 0.15) is 25.8 Å². The number of ether oxygens (including phenoxy) is 1. The van der Waals surface area contributed by atoms with Crippen LogP contribution in [0.4, 0.5) is 13.2 Å². The lowest BCUT2D eigenvalue weighted by molar-refractivity contribution is 0.363. The van der Waals surface area contributed by atoms with Crippen LogP contribution in [0.25, 0.3) is 21.9 Å². The molecular formula is C23H21F3O. The summed E-state index contributed by atoms with van der Waals surface area (Å²) in [7, 11) is 0. The van der Waals surface area contributed by atoms with Gasteiger partial charge in [-0.05, 0) is 48.1 Å². The Hall–Kier alpha value is -2.75. The number of hydrogen-bond acceptors (Lipinski definition) is 1. The van der Waals surface area contributed by atoms with Crippen LogP contribution in [0.15, 0.2) is 54.6 Å². The van der Waals surface area contributed by atoms with Gasteiger partial charge in [-0.25, -0.2) is 13.2 Å². The highest BCUT2D eigenvalue weighted by Gasteiger charge is 2.19. The molecular weight excluding hydrogens is 349 g/mol. The summed E-state index contributed by atoms with van der Waals surface area (Å²) >= 11 is 0. The van der Waals surface area contributed by atoms with E-state index in [-0.39, 0.29) is 10.9 Å². The molecule has 140 valence electrons. The fraction of sp³-hybridized carbons (Fsp3) is 0.217. The average molecular weight is 370 g/mol. The number of benzene rings is 3. The second kappa shape index (κ2) is 8.30. The van der Waals surface area contributed by atoms with E-state index in [1.54, 1.807) is 36.4 Å². The molecule has 3 aromatic carbocycles. The monoisotopic (exact) mass is 370 g/mol. The number of aryl methyl sites for hydroxylation is 1. The summed E-state index contributed by atoms with van der Waals surface area (Å²) in [5.41, 5.74) is 1.01. The Morgan fingerprint density at radius 2 is 1.67 bits per heavy atom. The van der Waals surface area contributed by atoms with Crippen molar-refractivity contribution in [3.63, 3.8) is 0 Å². The summed E-state index contributed by atoms with van der Waals surface area (Å²) < 4.78 is 49.5. The van der Waals surface area contributed by atoms with Crippen LogP contribution in [0.2, 0.25) is 0 Å². The van der Waals surface area contributed by atoms with Gasteiger partial charge in [-0.1, -0.05) is 49.8 Å². The normalized spacial score (nSPS) is 11.4. The molecule has 0 aliphatic rings. The smallest absolute Gasteiger partial charge is 0.170 e. The van der Waals surface area contributed by atoms with Crippen molar-refractivity contribution in [1.29, 1.82) is 0 Å². The third-order valence-electron chi connectivity index (χ3n) is 4.47. The topological polar surface area (TPSA) is 9.23 Å². The molecule has 0 aliphatic heterocycles. The van der Waals surface area contributed by atoms with Crippen LogP contribution >= 0.6 is 0 Å². The van der Waals surface area contributed by atoms with Gasteiger partial charge in [0.25, 0.3) is 0 Å². The maximum Gasteiger partial charge on any atom is 0.170 e. The molecule has 0 unspecified atom stereocenters. The maximum atomic E-state index is 14.7. The average Bonchev–Trinajstić information content (AvgIpc) is 2.67. The highest BCUT2D eigenvalue weighted by molar-refractivity contribution is 5.89. The number of fused-ring (bicyclic) bond motifs is 1. The van der Waals surface area contributed by atoms with Gasteiger partial charge in [0.15, 0.2) is 11.6 Å². The predicted molar refractivity (Wildman–Crippen MR) is 104 cm³/mol. The second-order valence-electron chi connectivity index (χ2n) is 6.34. The first-order valence-corrected chi connectivity index (χ1v) is 9.00. The van der Waals surface area contributed by atoms with Crippen LogP contribution < -0.4 is 4.74 Å². The zero-order chi connectivity index (χ0) is 19.4. The molecule has 0 atom stereocenters. The Balaban J connectivity index is 2.02. The molecule has 0 bridgehead atoms. The Bertz CT molecular complexity index is 975. The van der Waals surface area contributed by atoms with Gasteiger partial charge >= 0.3 is 0 Å². The largest absolute Gasteiger partial charge is 0.490 e. The van der Waals surface area contributed by atoms with E-state index < -0.39 is 17.5 Å². The Morgan fingerprint density at radius 3 is 2.33 bits per heavy atom. The number of hydrogen-bond donors (Lipinski definition) is 0. The summed E-state index contributed by atoms with van der Waals surface area (Å²) in [6, 6.07) is 11.5. The lowest BCUT2D eigenvalue weighted by atomic mass is 9.97. The molecule has 3 aromatic rings. The molecule has 0 spiro atoms. The van der Waals surface area contributed by atoms with E-state index in [0.717, 1.165) is 6.42 Å². The first kappa shape index (κ1) is 19.0. The summed E-state index contributed by atoms with van der Waals surface area (Å²) in [5.74, 6) is -2.23. The van der Waals surface area contributed by atoms with Crippen LogP contribution in [-0.2, 0) is 6.42 Å². The van der Waals surface area contributed by atoms with Gasteiger partial charge < -0.3 is 4.74 Å². The first-order chi connectivity index (χ1) is 13.1. The highest BCUT2D eigenvalue weighted by atomic mass is 19.2. The second-order valence-corrected chi connectivity index (χ2v) is 6.34. The summed E-state index contributed by atoms with van der Waals surface area (Å²) in [6.45, 7) is 4.25. The quantitative estimate of drug-likeness (QED) is 0.432. The third kappa shape index (κ3) is 3.85. The van der Waals surface area contributed by atoms with E-state index >= 15 is 0 Å². The van der Waals surface area contributed by atoms with E-state index in [2.05, 4.69) is 0 Å². The first-order valence-electron chi connectivity index (χ1n) is 9.00. The number of allylic oxidation sites excluding steroid dienone is 1. The van der Waals surface area contributed by atoms with Gasteiger partial charge in [-0.2, -0.15) is 0 Å². The van der Waals surface area contributed by atoms with Crippen LogP contribution in [0.3, 0.4) is 0 Å². The van der Waals surface area contributed by atoms with E-state index in [1.807, 2.05) is 26.0 Å². The van der Waals surface area contributed by atoms with Gasteiger partial charge in [0.2, 0.25) is 0 Å². The third-order valence-corrected chi connectivity index (χ3v) is 4.47.